The van der Waals surface area contributed by atoms with E-state index in [9.17, 15) is 9.59 Å². The molecule has 120 valence electrons. The van der Waals surface area contributed by atoms with Crippen LogP contribution >= 0.6 is 15.9 Å². The number of nitrogens with one attached hydrogen (secondary N) is 2. The van der Waals surface area contributed by atoms with Crippen LogP contribution in [0.4, 0.5) is 5.69 Å². The zero-order chi connectivity index (χ0) is 16.1. The molecule has 0 aromatic heterocycles. The minimum Gasteiger partial charge on any atom is -0.345 e. The van der Waals surface area contributed by atoms with E-state index in [2.05, 4.69) is 40.4 Å². The average Bonchev–Trinajstić information content (AvgIpc) is 2.47. The van der Waals surface area contributed by atoms with Crippen LogP contribution in [0.25, 0.3) is 0 Å². The van der Waals surface area contributed by atoms with E-state index in [4.69, 9.17) is 0 Å². The Balaban J connectivity index is 1.94. The molecule has 1 aromatic rings. The maximum absolute atomic E-state index is 12.1. The van der Waals surface area contributed by atoms with Gasteiger partial charge >= 0.3 is 11.8 Å². The fourth-order valence-electron chi connectivity index (χ4n) is 3.12. The zero-order valence-electron chi connectivity index (χ0n) is 13.1. The Bertz CT molecular complexity index is 545. The van der Waals surface area contributed by atoms with Gasteiger partial charge in [-0.25, -0.2) is 0 Å². The molecule has 4 nitrogen and oxygen atoms in total. The molecule has 1 aromatic carbocycles. The van der Waals surface area contributed by atoms with Gasteiger partial charge in [-0.15, -0.1) is 0 Å². The van der Waals surface area contributed by atoms with Crippen LogP contribution in [-0.2, 0) is 9.59 Å². The third-order valence-corrected chi connectivity index (χ3v) is 4.77. The van der Waals surface area contributed by atoms with Gasteiger partial charge in [-0.05, 0) is 42.9 Å². The summed E-state index contributed by atoms with van der Waals surface area (Å²) in [7, 11) is 0. The van der Waals surface area contributed by atoms with Gasteiger partial charge in [-0.1, -0.05) is 48.7 Å². The first-order chi connectivity index (χ1) is 10.5. The van der Waals surface area contributed by atoms with Gasteiger partial charge in [0.2, 0.25) is 0 Å². The second-order valence-corrected chi connectivity index (χ2v) is 7.15. The highest BCUT2D eigenvalue weighted by molar-refractivity contribution is 9.10. The minimum absolute atomic E-state index is 0.106. The molecule has 0 saturated heterocycles. The molecular weight excluding hydrogens is 344 g/mol. The van der Waals surface area contributed by atoms with Gasteiger partial charge in [0.05, 0.1) is 0 Å². The molecule has 0 bridgehead atoms. The Labute approximate surface area is 140 Å². The topological polar surface area (TPSA) is 58.2 Å². The van der Waals surface area contributed by atoms with Crippen LogP contribution in [0.5, 0.6) is 0 Å². The second kappa shape index (κ2) is 7.77. The highest BCUT2D eigenvalue weighted by atomic mass is 79.9. The van der Waals surface area contributed by atoms with Crippen LogP contribution in [0.1, 0.15) is 39.5 Å². The maximum Gasteiger partial charge on any atom is 0.313 e. The molecule has 1 aliphatic carbocycles. The molecular formula is C17H23BrN2O2. The molecule has 2 atom stereocenters. The Morgan fingerprint density at radius 2 is 1.91 bits per heavy atom. The van der Waals surface area contributed by atoms with E-state index in [1.807, 2.05) is 12.1 Å². The normalized spacial score (nSPS) is 21.5. The highest BCUT2D eigenvalue weighted by Crippen LogP contribution is 2.30. The summed E-state index contributed by atoms with van der Waals surface area (Å²) in [5, 5.41) is 5.56. The Kier molecular flexibility index (Phi) is 6.00. The summed E-state index contributed by atoms with van der Waals surface area (Å²) in [6.07, 6.45) is 4.40. The number of hydrogen-bond donors (Lipinski definition) is 2. The van der Waals surface area contributed by atoms with Crippen LogP contribution in [-0.4, -0.2) is 17.9 Å². The fourth-order valence-corrected chi connectivity index (χ4v) is 3.52. The number of carbonyl (C=O) groups excluding carboxylic acids is 2. The van der Waals surface area contributed by atoms with Crippen molar-refractivity contribution in [3.63, 3.8) is 0 Å². The second-order valence-electron chi connectivity index (χ2n) is 6.24. The molecule has 2 amide bonds. The summed E-state index contributed by atoms with van der Waals surface area (Å²) < 4.78 is 0.859. The van der Waals surface area contributed by atoms with Crippen LogP contribution in [0.2, 0.25) is 0 Å². The van der Waals surface area contributed by atoms with Crippen molar-refractivity contribution in [2.45, 2.75) is 45.6 Å². The molecule has 2 rings (SSSR count). The number of amides is 2. The number of halogens is 1. The molecule has 22 heavy (non-hydrogen) atoms. The summed E-state index contributed by atoms with van der Waals surface area (Å²) in [5.41, 5.74) is 0.610. The first-order valence-corrected chi connectivity index (χ1v) is 8.64. The van der Waals surface area contributed by atoms with E-state index < -0.39 is 11.8 Å². The highest BCUT2D eigenvalue weighted by Gasteiger charge is 2.30. The van der Waals surface area contributed by atoms with Crippen molar-refractivity contribution >= 4 is 33.4 Å². The largest absolute Gasteiger partial charge is 0.345 e. The number of benzene rings is 1. The van der Waals surface area contributed by atoms with Gasteiger partial charge in [0.15, 0.2) is 0 Å². The van der Waals surface area contributed by atoms with E-state index in [1.54, 1.807) is 12.1 Å². The lowest BCUT2D eigenvalue weighted by atomic mass is 9.78. The molecule has 1 fully saturated rings. The minimum atomic E-state index is -0.605. The molecule has 0 heterocycles. The van der Waals surface area contributed by atoms with Crippen LogP contribution in [0.15, 0.2) is 28.7 Å². The Hall–Kier alpha value is -1.36. The van der Waals surface area contributed by atoms with Crippen molar-refractivity contribution in [2.75, 3.05) is 5.32 Å². The van der Waals surface area contributed by atoms with E-state index in [1.165, 1.54) is 6.42 Å². The number of anilines is 1. The zero-order valence-corrected chi connectivity index (χ0v) is 14.7. The molecule has 2 unspecified atom stereocenters. The van der Waals surface area contributed by atoms with E-state index in [-0.39, 0.29) is 6.04 Å². The standard InChI is InChI=1S/C17H23BrN2O2/c1-11(2)14-8-3-4-9-15(14)20-17(22)16(21)19-13-7-5-6-12(18)10-13/h5-7,10-11,14-15H,3-4,8-9H2,1-2H3,(H,19,21)(H,20,22). The van der Waals surface area contributed by atoms with Gasteiger partial charge in [0.1, 0.15) is 0 Å². The predicted molar refractivity (Wildman–Crippen MR) is 91.5 cm³/mol. The number of hydrogen-bond acceptors (Lipinski definition) is 2. The summed E-state index contributed by atoms with van der Waals surface area (Å²) in [6.45, 7) is 4.35. The van der Waals surface area contributed by atoms with Gasteiger partial charge in [-0.2, -0.15) is 0 Å². The third-order valence-electron chi connectivity index (χ3n) is 4.28. The molecule has 5 heteroatoms. The lowest BCUT2D eigenvalue weighted by Crippen LogP contribution is -2.47. The van der Waals surface area contributed by atoms with E-state index in [0.29, 0.717) is 17.5 Å². The first kappa shape index (κ1) is 17.0. The van der Waals surface area contributed by atoms with Crippen molar-refractivity contribution in [1.29, 1.82) is 0 Å². The quantitative estimate of drug-likeness (QED) is 0.800. The van der Waals surface area contributed by atoms with Crippen molar-refractivity contribution in [3.05, 3.63) is 28.7 Å². The van der Waals surface area contributed by atoms with Gasteiger partial charge in [0, 0.05) is 16.2 Å². The molecule has 0 spiro atoms. The maximum atomic E-state index is 12.1. The smallest absolute Gasteiger partial charge is 0.313 e. The molecule has 0 aliphatic heterocycles. The summed E-state index contributed by atoms with van der Waals surface area (Å²) in [5.74, 6) is -0.182. The number of rotatable bonds is 3. The van der Waals surface area contributed by atoms with Gasteiger partial charge in [0.25, 0.3) is 0 Å². The first-order valence-electron chi connectivity index (χ1n) is 7.85. The Morgan fingerprint density at radius 1 is 1.18 bits per heavy atom. The monoisotopic (exact) mass is 366 g/mol. The molecule has 1 aliphatic rings. The van der Waals surface area contributed by atoms with Gasteiger partial charge in [-0.3, -0.25) is 9.59 Å². The van der Waals surface area contributed by atoms with Crippen molar-refractivity contribution in [2.24, 2.45) is 11.8 Å². The average molecular weight is 367 g/mol. The predicted octanol–water partition coefficient (Wildman–Crippen LogP) is 3.72. The van der Waals surface area contributed by atoms with Gasteiger partial charge < -0.3 is 10.6 Å². The van der Waals surface area contributed by atoms with E-state index in [0.717, 1.165) is 23.7 Å². The van der Waals surface area contributed by atoms with E-state index >= 15 is 0 Å². The van der Waals surface area contributed by atoms with Crippen molar-refractivity contribution in [3.8, 4) is 0 Å². The fraction of sp³-hybridized carbons (Fsp3) is 0.529. The lowest BCUT2D eigenvalue weighted by molar-refractivity contribution is -0.137. The van der Waals surface area contributed by atoms with Crippen molar-refractivity contribution in [1.82, 2.24) is 5.32 Å². The van der Waals surface area contributed by atoms with Crippen LogP contribution in [0, 0.1) is 11.8 Å². The summed E-state index contributed by atoms with van der Waals surface area (Å²) in [6, 6.07) is 7.31. The number of carbonyl (C=O) groups is 2. The molecule has 0 radical (unpaired) electrons. The molecule has 1 saturated carbocycles. The van der Waals surface area contributed by atoms with Crippen LogP contribution < -0.4 is 10.6 Å². The van der Waals surface area contributed by atoms with Crippen LogP contribution in [0.3, 0.4) is 0 Å². The molecule has 2 N–H and O–H groups in total. The SMILES string of the molecule is CC(C)C1CCCCC1NC(=O)C(=O)Nc1cccc(Br)c1. The Morgan fingerprint density at radius 3 is 2.59 bits per heavy atom. The third kappa shape index (κ3) is 4.57. The summed E-state index contributed by atoms with van der Waals surface area (Å²) in [4.78, 5) is 24.2. The lowest BCUT2D eigenvalue weighted by Gasteiger charge is -2.34. The summed E-state index contributed by atoms with van der Waals surface area (Å²) >= 11 is 3.34. The van der Waals surface area contributed by atoms with Crippen molar-refractivity contribution < 1.29 is 9.59 Å².